The van der Waals surface area contributed by atoms with Crippen molar-refractivity contribution in [3.8, 4) is 10.8 Å². The van der Waals surface area contributed by atoms with Crippen molar-refractivity contribution in [3.05, 3.63) is 53.0 Å². The quantitative estimate of drug-likeness (QED) is 0.703. The second-order valence-electron chi connectivity index (χ2n) is 6.49. The molecule has 1 amide bonds. The third-order valence-corrected chi connectivity index (χ3v) is 5.39. The molecule has 0 aliphatic carbocycles. The third-order valence-electron chi connectivity index (χ3n) is 4.54. The molecule has 0 bridgehead atoms. The number of aryl methyl sites for hydroxylation is 1. The highest BCUT2D eigenvalue weighted by molar-refractivity contribution is 7.13. The lowest BCUT2D eigenvalue weighted by molar-refractivity contribution is -0.115. The first-order chi connectivity index (χ1) is 13.6. The molecule has 6 nitrogen and oxygen atoms in total. The van der Waals surface area contributed by atoms with Gasteiger partial charge in [0.1, 0.15) is 11.6 Å². The Labute approximate surface area is 165 Å². The standard InChI is InChI=1S/C20H20FN3O3S/c1-13-16(23-20(27-13)18-3-2-10-28-18)12-19(25)22-14-4-5-17(15(21)11-14)24-6-8-26-9-7-24/h2-5,10-11H,6-9,12H2,1H3,(H,22,25). The zero-order valence-corrected chi connectivity index (χ0v) is 16.2. The molecule has 4 rings (SSSR count). The van der Waals surface area contributed by atoms with Crippen molar-refractivity contribution >= 4 is 28.6 Å². The number of nitrogens with zero attached hydrogens (tertiary/aromatic N) is 2. The Morgan fingerprint density at radius 2 is 2.14 bits per heavy atom. The van der Waals surface area contributed by atoms with Gasteiger partial charge in [-0.25, -0.2) is 9.37 Å². The topological polar surface area (TPSA) is 67.6 Å². The summed E-state index contributed by atoms with van der Waals surface area (Å²) in [6.45, 7) is 4.26. The van der Waals surface area contributed by atoms with Crippen LogP contribution in [0.4, 0.5) is 15.8 Å². The summed E-state index contributed by atoms with van der Waals surface area (Å²) in [7, 11) is 0. The molecule has 1 N–H and O–H groups in total. The molecular formula is C20H20FN3O3S. The minimum atomic E-state index is -0.364. The van der Waals surface area contributed by atoms with Gasteiger partial charge < -0.3 is 19.4 Å². The molecule has 2 aromatic heterocycles. The molecule has 146 valence electrons. The van der Waals surface area contributed by atoms with Gasteiger partial charge >= 0.3 is 0 Å². The molecule has 3 heterocycles. The predicted octanol–water partition coefficient (Wildman–Crippen LogP) is 3.87. The van der Waals surface area contributed by atoms with Gasteiger partial charge in [0.15, 0.2) is 0 Å². The van der Waals surface area contributed by atoms with E-state index in [0.29, 0.717) is 55.0 Å². The van der Waals surface area contributed by atoms with Gasteiger partial charge in [-0.2, -0.15) is 0 Å². The molecule has 0 unspecified atom stereocenters. The number of hydrogen-bond acceptors (Lipinski definition) is 6. The van der Waals surface area contributed by atoms with E-state index < -0.39 is 0 Å². The van der Waals surface area contributed by atoms with Gasteiger partial charge in [-0.3, -0.25) is 4.79 Å². The molecule has 0 saturated carbocycles. The van der Waals surface area contributed by atoms with E-state index in [1.54, 1.807) is 19.1 Å². The number of amides is 1. The summed E-state index contributed by atoms with van der Waals surface area (Å²) in [5.74, 6) is 0.480. The summed E-state index contributed by atoms with van der Waals surface area (Å²) in [6, 6.07) is 8.57. The molecular weight excluding hydrogens is 381 g/mol. The number of hydrogen-bond donors (Lipinski definition) is 1. The lowest BCUT2D eigenvalue weighted by atomic mass is 10.2. The Bertz CT molecular complexity index is 965. The van der Waals surface area contributed by atoms with Crippen LogP contribution in [0.3, 0.4) is 0 Å². The van der Waals surface area contributed by atoms with E-state index in [2.05, 4.69) is 10.3 Å². The summed E-state index contributed by atoms with van der Waals surface area (Å²) >= 11 is 1.52. The van der Waals surface area contributed by atoms with Gasteiger partial charge in [0.25, 0.3) is 0 Å². The van der Waals surface area contributed by atoms with Gasteiger partial charge in [-0.15, -0.1) is 11.3 Å². The van der Waals surface area contributed by atoms with E-state index in [9.17, 15) is 9.18 Å². The van der Waals surface area contributed by atoms with E-state index in [1.165, 1.54) is 17.4 Å². The summed E-state index contributed by atoms with van der Waals surface area (Å²) in [5, 5.41) is 4.67. The normalized spacial score (nSPS) is 14.3. The van der Waals surface area contributed by atoms with Gasteiger partial charge in [0.2, 0.25) is 11.8 Å². The van der Waals surface area contributed by atoms with Crippen molar-refractivity contribution in [1.29, 1.82) is 0 Å². The number of ether oxygens (including phenoxy) is 1. The Morgan fingerprint density at radius 1 is 1.32 bits per heavy atom. The Balaban J connectivity index is 1.42. The lowest BCUT2D eigenvalue weighted by Gasteiger charge is -2.29. The fraction of sp³-hybridized carbons (Fsp3) is 0.300. The average molecular weight is 401 g/mol. The van der Waals surface area contributed by atoms with Crippen molar-refractivity contribution in [1.82, 2.24) is 4.98 Å². The number of oxazole rings is 1. The van der Waals surface area contributed by atoms with Crippen LogP contribution in [0.5, 0.6) is 0 Å². The fourth-order valence-electron chi connectivity index (χ4n) is 3.10. The molecule has 1 fully saturated rings. The average Bonchev–Trinajstić information content (AvgIpc) is 3.33. The molecule has 8 heteroatoms. The molecule has 1 aromatic carbocycles. The highest BCUT2D eigenvalue weighted by Crippen LogP contribution is 2.27. The molecule has 1 aliphatic rings. The summed E-state index contributed by atoms with van der Waals surface area (Å²) in [6.07, 6.45) is 0.0630. The van der Waals surface area contributed by atoms with Crippen molar-refractivity contribution in [2.75, 3.05) is 36.5 Å². The molecule has 0 atom stereocenters. The van der Waals surface area contributed by atoms with E-state index in [4.69, 9.17) is 9.15 Å². The van der Waals surface area contributed by atoms with Crippen LogP contribution in [0, 0.1) is 12.7 Å². The number of carbonyl (C=O) groups excluding carboxylic acids is 1. The van der Waals surface area contributed by atoms with Crippen LogP contribution in [-0.2, 0) is 16.0 Å². The van der Waals surface area contributed by atoms with E-state index in [1.807, 2.05) is 22.4 Å². The van der Waals surface area contributed by atoms with E-state index in [0.717, 1.165) is 4.88 Å². The van der Waals surface area contributed by atoms with Crippen LogP contribution in [0.2, 0.25) is 0 Å². The minimum Gasteiger partial charge on any atom is -0.440 e. The number of rotatable bonds is 5. The number of benzene rings is 1. The summed E-state index contributed by atoms with van der Waals surface area (Å²) in [5.41, 5.74) is 1.51. The predicted molar refractivity (Wildman–Crippen MR) is 106 cm³/mol. The highest BCUT2D eigenvalue weighted by atomic mass is 32.1. The molecule has 0 spiro atoms. The van der Waals surface area contributed by atoms with Crippen LogP contribution in [-0.4, -0.2) is 37.2 Å². The lowest BCUT2D eigenvalue weighted by Crippen LogP contribution is -2.36. The first kappa shape index (κ1) is 18.6. The second kappa shape index (κ2) is 8.12. The maximum absolute atomic E-state index is 14.5. The summed E-state index contributed by atoms with van der Waals surface area (Å²) in [4.78, 5) is 19.7. The Morgan fingerprint density at radius 3 is 2.86 bits per heavy atom. The van der Waals surface area contributed by atoms with Gasteiger partial charge in [-0.05, 0) is 36.6 Å². The first-order valence-electron chi connectivity index (χ1n) is 9.02. The van der Waals surface area contributed by atoms with Crippen LogP contribution < -0.4 is 10.2 Å². The minimum absolute atomic E-state index is 0.0630. The number of carbonyl (C=O) groups is 1. The first-order valence-corrected chi connectivity index (χ1v) is 9.90. The van der Waals surface area contributed by atoms with Gasteiger partial charge in [-0.1, -0.05) is 6.07 Å². The highest BCUT2D eigenvalue weighted by Gasteiger charge is 2.18. The number of morpholine rings is 1. The number of aromatic nitrogens is 1. The van der Waals surface area contributed by atoms with E-state index in [-0.39, 0.29) is 18.1 Å². The maximum Gasteiger partial charge on any atom is 0.236 e. The van der Waals surface area contributed by atoms with Crippen LogP contribution in [0.15, 0.2) is 40.1 Å². The van der Waals surface area contributed by atoms with Crippen LogP contribution >= 0.6 is 11.3 Å². The van der Waals surface area contributed by atoms with Crippen LogP contribution in [0.25, 0.3) is 10.8 Å². The van der Waals surface area contributed by atoms with Gasteiger partial charge in [0, 0.05) is 18.8 Å². The monoisotopic (exact) mass is 401 g/mol. The number of nitrogens with one attached hydrogen (secondary N) is 1. The van der Waals surface area contributed by atoms with E-state index >= 15 is 0 Å². The Kier molecular flexibility index (Phi) is 5.40. The Hall–Kier alpha value is -2.71. The number of halogens is 1. The number of thiophene rings is 1. The molecule has 3 aromatic rings. The van der Waals surface area contributed by atoms with Gasteiger partial charge in [0.05, 0.1) is 35.9 Å². The van der Waals surface area contributed by atoms with Crippen molar-refractivity contribution in [2.45, 2.75) is 13.3 Å². The second-order valence-corrected chi connectivity index (χ2v) is 7.44. The zero-order valence-electron chi connectivity index (χ0n) is 15.4. The third kappa shape index (κ3) is 4.07. The maximum atomic E-state index is 14.5. The smallest absolute Gasteiger partial charge is 0.236 e. The van der Waals surface area contributed by atoms with Crippen LogP contribution in [0.1, 0.15) is 11.5 Å². The molecule has 1 saturated heterocycles. The number of anilines is 2. The molecule has 1 aliphatic heterocycles. The van der Waals surface area contributed by atoms with Crippen molar-refractivity contribution in [3.63, 3.8) is 0 Å². The fourth-order valence-corrected chi connectivity index (χ4v) is 3.75. The summed E-state index contributed by atoms with van der Waals surface area (Å²) < 4.78 is 25.4. The van der Waals surface area contributed by atoms with Crippen molar-refractivity contribution < 1.29 is 18.3 Å². The zero-order chi connectivity index (χ0) is 19.5. The van der Waals surface area contributed by atoms with Crippen molar-refractivity contribution in [2.24, 2.45) is 0 Å². The molecule has 28 heavy (non-hydrogen) atoms. The molecule has 0 radical (unpaired) electrons. The SMILES string of the molecule is Cc1oc(-c2cccs2)nc1CC(=O)Nc1ccc(N2CCOCC2)c(F)c1. The largest absolute Gasteiger partial charge is 0.440 e.